The van der Waals surface area contributed by atoms with Crippen molar-refractivity contribution in [2.24, 2.45) is 11.1 Å². The Morgan fingerprint density at radius 3 is 2.15 bits per heavy atom. The molecule has 3 N–H and O–H groups in total. The standard InChI is InChI=1S/C18H36N2O6/c1-18(2,3)16(19)15-26-14-13-24-9-5-17(22)20-6-10-25-12-11-23-8-4-7-21/h7,16H,4-6,8-15,19H2,1-3H3,(H,20,22). The third-order valence-corrected chi connectivity index (χ3v) is 3.58. The summed E-state index contributed by atoms with van der Waals surface area (Å²) < 4.78 is 21.3. The highest BCUT2D eigenvalue weighted by atomic mass is 16.5. The lowest BCUT2D eigenvalue weighted by Crippen LogP contribution is -2.39. The van der Waals surface area contributed by atoms with Crippen LogP contribution in [0.5, 0.6) is 0 Å². The summed E-state index contributed by atoms with van der Waals surface area (Å²) in [5.74, 6) is -0.0773. The van der Waals surface area contributed by atoms with Crippen molar-refractivity contribution in [2.75, 3.05) is 59.4 Å². The van der Waals surface area contributed by atoms with E-state index in [-0.39, 0.29) is 17.4 Å². The number of carbonyl (C=O) groups is 2. The molecule has 0 aliphatic carbocycles. The minimum absolute atomic E-state index is 0.0154. The lowest BCUT2D eigenvalue weighted by Gasteiger charge is -2.26. The molecule has 0 aromatic heterocycles. The van der Waals surface area contributed by atoms with Gasteiger partial charge in [-0.05, 0) is 5.41 Å². The summed E-state index contributed by atoms with van der Waals surface area (Å²) in [7, 11) is 0. The molecule has 0 aliphatic rings. The van der Waals surface area contributed by atoms with Crippen LogP contribution in [0.15, 0.2) is 0 Å². The molecule has 0 rings (SSSR count). The number of aldehydes is 1. The molecule has 0 spiro atoms. The molecular weight excluding hydrogens is 340 g/mol. The first-order valence-corrected chi connectivity index (χ1v) is 9.14. The number of hydrogen-bond donors (Lipinski definition) is 2. The second-order valence-corrected chi connectivity index (χ2v) is 6.94. The first-order chi connectivity index (χ1) is 12.4. The monoisotopic (exact) mass is 376 g/mol. The van der Waals surface area contributed by atoms with E-state index in [4.69, 9.17) is 24.7 Å². The van der Waals surface area contributed by atoms with E-state index < -0.39 is 0 Å². The van der Waals surface area contributed by atoms with Crippen molar-refractivity contribution in [3.8, 4) is 0 Å². The van der Waals surface area contributed by atoms with E-state index in [1.807, 2.05) is 0 Å². The maximum Gasteiger partial charge on any atom is 0.222 e. The quantitative estimate of drug-likeness (QED) is 0.281. The van der Waals surface area contributed by atoms with E-state index in [0.29, 0.717) is 72.2 Å². The van der Waals surface area contributed by atoms with Gasteiger partial charge in [-0.25, -0.2) is 0 Å². The summed E-state index contributed by atoms with van der Waals surface area (Å²) in [6.07, 6.45) is 1.51. The third kappa shape index (κ3) is 16.4. The van der Waals surface area contributed by atoms with Gasteiger partial charge in [0.1, 0.15) is 6.29 Å². The summed E-state index contributed by atoms with van der Waals surface area (Å²) in [6, 6.07) is -0.0154. The summed E-state index contributed by atoms with van der Waals surface area (Å²) >= 11 is 0. The van der Waals surface area contributed by atoms with E-state index >= 15 is 0 Å². The van der Waals surface area contributed by atoms with Crippen LogP contribution in [0.25, 0.3) is 0 Å². The molecule has 0 saturated carbocycles. The van der Waals surface area contributed by atoms with Crippen molar-refractivity contribution >= 4 is 12.2 Å². The van der Waals surface area contributed by atoms with Crippen LogP contribution in [0.2, 0.25) is 0 Å². The lowest BCUT2D eigenvalue weighted by atomic mass is 9.88. The number of nitrogens with two attached hydrogens (primary N) is 1. The van der Waals surface area contributed by atoms with E-state index in [2.05, 4.69) is 26.1 Å². The van der Waals surface area contributed by atoms with Gasteiger partial charge in [-0.1, -0.05) is 20.8 Å². The van der Waals surface area contributed by atoms with E-state index in [0.717, 1.165) is 6.29 Å². The number of amides is 1. The molecule has 1 atom stereocenters. The number of hydrogen-bond acceptors (Lipinski definition) is 7. The molecule has 0 fully saturated rings. The van der Waals surface area contributed by atoms with Gasteiger partial charge in [0.25, 0.3) is 0 Å². The highest BCUT2D eigenvalue weighted by Gasteiger charge is 2.20. The van der Waals surface area contributed by atoms with Crippen LogP contribution in [0.3, 0.4) is 0 Å². The second kappa shape index (κ2) is 16.1. The number of carbonyl (C=O) groups excluding carboxylic acids is 2. The Hall–Kier alpha value is -1.06. The largest absolute Gasteiger partial charge is 0.379 e. The van der Waals surface area contributed by atoms with E-state index in [1.54, 1.807) is 0 Å². The van der Waals surface area contributed by atoms with Crippen LogP contribution in [0.4, 0.5) is 0 Å². The number of ether oxygens (including phenoxy) is 4. The molecule has 0 saturated heterocycles. The molecule has 1 amide bonds. The van der Waals surface area contributed by atoms with Crippen molar-refractivity contribution in [2.45, 2.75) is 39.7 Å². The minimum atomic E-state index is -0.0773. The Balaban J connectivity index is 3.31. The molecule has 0 bridgehead atoms. The molecule has 154 valence electrons. The van der Waals surface area contributed by atoms with Gasteiger partial charge in [-0.2, -0.15) is 0 Å². The highest BCUT2D eigenvalue weighted by Crippen LogP contribution is 2.17. The van der Waals surface area contributed by atoms with Gasteiger partial charge in [0.2, 0.25) is 5.91 Å². The Bertz CT molecular complexity index is 360. The zero-order chi connectivity index (χ0) is 19.7. The fourth-order valence-electron chi connectivity index (χ4n) is 1.65. The maximum absolute atomic E-state index is 11.6. The smallest absolute Gasteiger partial charge is 0.222 e. The lowest BCUT2D eigenvalue weighted by molar-refractivity contribution is -0.122. The SMILES string of the molecule is CC(C)(C)C(N)COCCOCCC(=O)NCCOCCOCCC=O. The molecule has 0 aromatic rings. The van der Waals surface area contributed by atoms with Crippen LogP contribution in [-0.2, 0) is 28.5 Å². The molecule has 0 heterocycles. The van der Waals surface area contributed by atoms with E-state index in [1.165, 1.54) is 0 Å². The van der Waals surface area contributed by atoms with Crippen molar-refractivity contribution in [3.05, 3.63) is 0 Å². The average molecular weight is 376 g/mol. The molecule has 1 unspecified atom stereocenters. The topological polar surface area (TPSA) is 109 Å². The summed E-state index contributed by atoms with van der Waals surface area (Å²) in [5, 5.41) is 2.75. The Morgan fingerprint density at radius 1 is 0.962 bits per heavy atom. The summed E-state index contributed by atoms with van der Waals surface area (Å²) in [5.41, 5.74) is 6.01. The zero-order valence-electron chi connectivity index (χ0n) is 16.5. The summed E-state index contributed by atoms with van der Waals surface area (Å²) in [4.78, 5) is 21.7. The normalized spacial score (nSPS) is 12.8. The van der Waals surface area contributed by atoms with Gasteiger partial charge >= 0.3 is 0 Å². The van der Waals surface area contributed by atoms with Crippen molar-refractivity contribution < 1.29 is 28.5 Å². The zero-order valence-corrected chi connectivity index (χ0v) is 16.5. The van der Waals surface area contributed by atoms with E-state index in [9.17, 15) is 9.59 Å². The third-order valence-electron chi connectivity index (χ3n) is 3.58. The van der Waals surface area contributed by atoms with Gasteiger partial charge < -0.3 is 34.8 Å². The van der Waals surface area contributed by atoms with Crippen molar-refractivity contribution in [1.82, 2.24) is 5.32 Å². The van der Waals surface area contributed by atoms with Gasteiger partial charge in [0.15, 0.2) is 0 Å². The van der Waals surface area contributed by atoms with Crippen molar-refractivity contribution in [1.29, 1.82) is 0 Å². The predicted molar refractivity (Wildman–Crippen MR) is 99.0 cm³/mol. The summed E-state index contributed by atoms with van der Waals surface area (Å²) in [6.45, 7) is 10.1. The average Bonchev–Trinajstić information content (AvgIpc) is 2.58. The minimum Gasteiger partial charge on any atom is -0.379 e. The van der Waals surface area contributed by atoms with Gasteiger partial charge in [0, 0.05) is 25.4 Å². The Kier molecular flexibility index (Phi) is 15.5. The molecule has 8 nitrogen and oxygen atoms in total. The molecular formula is C18H36N2O6. The first-order valence-electron chi connectivity index (χ1n) is 9.14. The van der Waals surface area contributed by atoms with Crippen LogP contribution in [0.1, 0.15) is 33.6 Å². The Labute approximate surface area is 157 Å². The molecule has 0 aromatic carbocycles. The number of nitrogens with one attached hydrogen (secondary N) is 1. The number of rotatable bonds is 17. The fourth-order valence-corrected chi connectivity index (χ4v) is 1.65. The highest BCUT2D eigenvalue weighted by molar-refractivity contribution is 5.75. The van der Waals surface area contributed by atoms with Crippen LogP contribution in [0, 0.1) is 5.41 Å². The Morgan fingerprint density at radius 2 is 1.54 bits per heavy atom. The molecule has 26 heavy (non-hydrogen) atoms. The van der Waals surface area contributed by atoms with Crippen molar-refractivity contribution in [3.63, 3.8) is 0 Å². The predicted octanol–water partition coefficient (Wildman–Crippen LogP) is 0.522. The van der Waals surface area contributed by atoms with Crippen LogP contribution >= 0.6 is 0 Å². The van der Waals surface area contributed by atoms with Crippen LogP contribution in [-0.4, -0.2) is 77.6 Å². The fraction of sp³-hybridized carbons (Fsp3) is 0.889. The molecule has 0 radical (unpaired) electrons. The van der Waals surface area contributed by atoms with Gasteiger partial charge in [0.05, 0.1) is 52.9 Å². The first kappa shape index (κ1) is 24.9. The van der Waals surface area contributed by atoms with Gasteiger partial charge in [-0.15, -0.1) is 0 Å². The molecule has 8 heteroatoms. The van der Waals surface area contributed by atoms with Gasteiger partial charge in [-0.3, -0.25) is 4.79 Å². The molecule has 0 aliphatic heterocycles. The van der Waals surface area contributed by atoms with Crippen LogP contribution < -0.4 is 11.1 Å². The second-order valence-electron chi connectivity index (χ2n) is 6.94. The maximum atomic E-state index is 11.6.